The van der Waals surface area contributed by atoms with Crippen molar-refractivity contribution in [3.05, 3.63) is 69.6 Å². The Labute approximate surface area is 117 Å². The predicted molar refractivity (Wildman–Crippen MR) is 77.8 cm³/mol. The van der Waals surface area contributed by atoms with Crippen LogP contribution in [0, 0.1) is 6.92 Å². The number of aryl methyl sites for hydroxylation is 1. The van der Waals surface area contributed by atoms with Gasteiger partial charge in [-0.25, -0.2) is 4.68 Å². The van der Waals surface area contributed by atoms with Crippen LogP contribution in [0.25, 0.3) is 0 Å². The molecule has 0 unspecified atom stereocenters. The number of nitrogens with two attached hydrogens (primary N) is 1. The first kappa shape index (κ1) is 13.9. The number of rotatable bonds is 5. The number of benzene rings is 1. The molecule has 3 N–H and O–H groups in total. The van der Waals surface area contributed by atoms with Gasteiger partial charge in [0, 0.05) is 11.8 Å². The van der Waals surface area contributed by atoms with Gasteiger partial charge in [0.25, 0.3) is 5.56 Å². The minimum absolute atomic E-state index is 0.0431. The molecule has 5 nitrogen and oxygen atoms in total. The Morgan fingerprint density at radius 2 is 1.95 bits per heavy atom. The lowest BCUT2D eigenvalue weighted by atomic mass is 10.1. The van der Waals surface area contributed by atoms with Crippen LogP contribution in [-0.2, 0) is 17.8 Å². The van der Waals surface area contributed by atoms with Crippen LogP contribution in [0.4, 0.5) is 0 Å². The van der Waals surface area contributed by atoms with Crippen molar-refractivity contribution >= 4 is 5.91 Å². The van der Waals surface area contributed by atoms with Gasteiger partial charge in [-0.3, -0.25) is 9.59 Å². The summed E-state index contributed by atoms with van der Waals surface area (Å²) in [6, 6.07) is 11.5. The SMILES string of the molecule is Cc1ccn(NCc2ccccc2)c(=O)c1CC(N)=O. The van der Waals surface area contributed by atoms with Crippen molar-refractivity contribution in [3.63, 3.8) is 0 Å². The highest BCUT2D eigenvalue weighted by atomic mass is 16.1. The molecule has 0 aliphatic rings. The summed E-state index contributed by atoms with van der Waals surface area (Å²) in [5.74, 6) is -0.508. The minimum atomic E-state index is -0.508. The van der Waals surface area contributed by atoms with Gasteiger partial charge in [0.15, 0.2) is 0 Å². The summed E-state index contributed by atoms with van der Waals surface area (Å²) < 4.78 is 1.39. The number of amides is 1. The Hall–Kier alpha value is -2.56. The maximum Gasteiger partial charge on any atom is 0.272 e. The predicted octanol–water partition coefficient (Wildman–Crippen LogP) is 0.928. The number of carbonyl (C=O) groups is 1. The lowest BCUT2D eigenvalue weighted by molar-refractivity contribution is -0.117. The molecule has 0 aliphatic heterocycles. The second-order valence-electron chi connectivity index (χ2n) is 4.62. The Morgan fingerprint density at radius 1 is 1.25 bits per heavy atom. The highest BCUT2D eigenvalue weighted by molar-refractivity contribution is 5.76. The van der Waals surface area contributed by atoms with Crippen molar-refractivity contribution in [1.29, 1.82) is 0 Å². The molecule has 1 amide bonds. The number of nitrogens with zero attached hydrogens (tertiary/aromatic N) is 1. The Bertz CT molecular complexity index is 663. The van der Waals surface area contributed by atoms with Crippen LogP contribution < -0.4 is 16.7 Å². The van der Waals surface area contributed by atoms with E-state index in [0.717, 1.165) is 11.1 Å². The molecule has 0 saturated heterocycles. The van der Waals surface area contributed by atoms with Crippen molar-refractivity contribution in [2.75, 3.05) is 5.43 Å². The molecule has 0 atom stereocenters. The molecule has 1 aromatic heterocycles. The van der Waals surface area contributed by atoms with Crippen LogP contribution in [0.3, 0.4) is 0 Å². The average molecular weight is 271 g/mol. The quantitative estimate of drug-likeness (QED) is 0.849. The molecule has 1 heterocycles. The second kappa shape index (κ2) is 6.06. The van der Waals surface area contributed by atoms with E-state index in [0.29, 0.717) is 12.1 Å². The van der Waals surface area contributed by atoms with E-state index in [1.54, 1.807) is 19.2 Å². The topological polar surface area (TPSA) is 77.1 Å². The number of nitrogens with one attached hydrogen (secondary N) is 1. The first-order chi connectivity index (χ1) is 9.58. The molecule has 0 aliphatic carbocycles. The first-order valence-electron chi connectivity index (χ1n) is 6.35. The molecule has 2 aromatic rings. The first-order valence-corrected chi connectivity index (χ1v) is 6.35. The number of aromatic nitrogens is 1. The zero-order valence-corrected chi connectivity index (χ0v) is 11.3. The number of pyridine rings is 1. The molecular formula is C15H17N3O2. The van der Waals surface area contributed by atoms with Crippen LogP contribution in [-0.4, -0.2) is 10.6 Å². The Balaban J connectivity index is 2.20. The molecule has 0 spiro atoms. The van der Waals surface area contributed by atoms with Gasteiger partial charge in [-0.2, -0.15) is 0 Å². The molecule has 2 rings (SSSR count). The molecule has 0 fully saturated rings. The monoisotopic (exact) mass is 271 g/mol. The van der Waals surface area contributed by atoms with Gasteiger partial charge in [0.1, 0.15) is 0 Å². The van der Waals surface area contributed by atoms with E-state index in [4.69, 9.17) is 5.73 Å². The number of hydrogen-bond donors (Lipinski definition) is 2. The molecule has 104 valence electrons. The van der Waals surface area contributed by atoms with E-state index in [2.05, 4.69) is 5.43 Å². The molecular weight excluding hydrogens is 254 g/mol. The van der Waals surface area contributed by atoms with Crippen LogP contribution in [0.15, 0.2) is 47.4 Å². The average Bonchev–Trinajstić information content (AvgIpc) is 2.43. The third-order valence-corrected chi connectivity index (χ3v) is 3.07. The number of hydrogen-bond acceptors (Lipinski definition) is 3. The molecule has 0 bridgehead atoms. The van der Waals surface area contributed by atoms with Crippen LogP contribution >= 0.6 is 0 Å². The van der Waals surface area contributed by atoms with Crippen LogP contribution in [0.5, 0.6) is 0 Å². The summed E-state index contributed by atoms with van der Waals surface area (Å²) in [6.45, 7) is 2.32. The molecule has 5 heteroatoms. The summed E-state index contributed by atoms with van der Waals surface area (Å²) in [5.41, 5.74) is 10.2. The van der Waals surface area contributed by atoms with Gasteiger partial charge in [0.05, 0.1) is 13.0 Å². The third kappa shape index (κ3) is 3.26. The molecule has 1 aromatic carbocycles. The zero-order chi connectivity index (χ0) is 14.5. The summed E-state index contributed by atoms with van der Waals surface area (Å²) in [5, 5.41) is 0. The van der Waals surface area contributed by atoms with E-state index in [1.165, 1.54) is 4.68 Å². The second-order valence-corrected chi connectivity index (χ2v) is 4.62. The lowest BCUT2D eigenvalue weighted by Gasteiger charge is -2.12. The van der Waals surface area contributed by atoms with Gasteiger partial charge in [0.2, 0.25) is 5.91 Å². The van der Waals surface area contributed by atoms with Gasteiger partial charge in [-0.1, -0.05) is 30.3 Å². The van der Waals surface area contributed by atoms with Crippen molar-refractivity contribution in [3.8, 4) is 0 Å². The van der Waals surface area contributed by atoms with E-state index in [1.807, 2.05) is 30.3 Å². The van der Waals surface area contributed by atoms with Crippen molar-refractivity contribution in [1.82, 2.24) is 4.68 Å². The fourth-order valence-electron chi connectivity index (χ4n) is 1.95. The van der Waals surface area contributed by atoms with E-state index in [9.17, 15) is 9.59 Å². The molecule has 20 heavy (non-hydrogen) atoms. The van der Waals surface area contributed by atoms with Crippen molar-refractivity contribution in [2.45, 2.75) is 19.9 Å². The van der Waals surface area contributed by atoms with E-state index in [-0.39, 0.29) is 12.0 Å². The van der Waals surface area contributed by atoms with Crippen molar-refractivity contribution < 1.29 is 4.79 Å². The highest BCUT2D eigenvalue weighted by Gasteiger charge is 2.09. The highest BCUT2D eigenvalue weighted by Crippen LogP contribution is 2.03. The maximum absolute atomic E-state index is 12.2. The van der Waals surface area contributed by atoms with Gasteiger partial charge >= 0.3 is 0 Å². The largest absolute Gasteiger partial charge is 0.369 e. The van der Waals surface area contributed by atoms with Gasteiger partial charge in [-0.05, 0) is 24.1 Å². The Morgan fingerprint density at radius 3 is 2.60 bits per heavy atom. The standard InChI is InChI=1S/C15H17N3O2/c1-11-7-8-18(15(20)13(11)9-14(16)19)17-10-12-5-3-2-4-6-12/h2-8,17H,9-10H2,1H3,(H2,16,19). The minimum Gasteiger partial charge on any atom is -0.369 e. The maximum atomic E-state index is 12.2. The summed E-state index contributed by atoms with van der Waals surface area (Å²) >= 11 is 0. The normalized spacial score (nSPS) is 10.2. The van der Waals surface area contributed by atoms with Gasteiger partial charge < -0.3 is 11.2 Å². The van der Waals surface area contributed by atoms with Crippen molar-refractivity contribution in [2.24, 2.45) is 5.73 Å². The summed E-state index contributed by atoms with van der Waals surface area (Å²) in [6.07, 6.45) is 1.61. The van der Waals surface area contributed by atoms with E-state index >= 15 is 0 Å². The number of carbonyl (C=O) groups excluding carboxylic acids is 1. The van der Waals surface area contributed by atoms with Crippen LogP contribution in [0.1, 0.15) is 16.7 Å². The zero-order valence-electron chi connectivity index (χ0n) is 11.3. The smallest absolute Gasteiger partial charge is 0.272 e. The van der Waals surface area contributed by atoms with E-state index < -0.39 is 5.91 Å². The molecule has 0 saturated carbocycles. The lowest BCUT2D eigenvalue weighted by Crippen LogP contribution is -2.33. The Kier molecular flexibility index (Phi) is 4.20. The van der Waals surface area contributed by atoms with Gasteiger partial charge in [-0.15, -0.1) is 0 Å². The fraction of sp³-hybridized carbons (Fsp3) is 0.200. The van der Waals surface area contributed by atoms with Crippen LogP contribution in [0.2, 0.25) is 0 Å². The third-order valence-electron chi connectivity index (χ3n) is 3.07. The summed E-state index contributed by atoms with van der Waals surface area (Å²) in [4.78, 5) is 23.3. The number of primary amides is 1. The molecule has 0 radical (unpaired) electrons. The fourth-order valence-corrected chi connectivity index (χ4v) is 1.95. The summed E-state index contributed by atoms with van der Waals surface area (Å²) in [7, 11) is 0.